The third-order valence-electron chi connectivity index (χ3n) is 3.80. The highest BCUT2D eigenvalue weighted by molar-refractivity contribution is 5.95. The number of rotatable bonds is 4. The molecular formula is C20H19N3O3. The first kappa shape index (κ1) is 17.2. The Kier molecular flexibility index (Phi) is 4.94. The van der Waals surface area contributed by atoms with E-state index in [0.29, 0.717) is 28.6 Å². The molecule has 0 saturated heterocycles. The Morgan fingerprint density at radius 3 is 2.27 bits per heavy atom. The average molecular weight is 349 g/mol. The van der Waals surface area contributed by atoms with Crippen LogP contribution in [0.2, 0.25) is 0 Å². The highest BCUT2D eigenvalue weighted by Gasteiger charge is 2.12. The summed E-state index contributed by atoms with van der Waals surface area (Å²) in [6, 6.07) is 19.3. The zero-order valence-corrected chi connectivity index (χ0v) is 14.2. The third-order valence-corrected chi connectivity index (χ3v) is 3.80. The van der Waals surface area contributed by atoms with Gasteiger partial charge in [-0.05, 0) is 48.5 Å². The summed E-state index contributed by atoms with van der Waals surface area (Å²) < 4.78 is 10.4. The maximum absolute atomic E-state index is 12.3. The molecule has 3 rings (SSSR count). The zero-order valence-electron chi connectivity index (χ0n) is 14.2. The maximum atomic E-state index is 12.3. The number of anilines is 3. The van der Waals surface area contributed by atoms with Gasteiger partial charge in [0.15, 0.2) is 0 Å². The lowest BCUT2D eigenvalue weighted by Gasteiger charge is -2.14. The number of nitrogen functional groups attached to an aromatic ring is 2. The van der Waals surface area contributed by atoms with Gasteiger partial charge in [-0.3, -0.25) is 5.32 Å². The van der Waals surface area contributed by atoms with Crippen LogP contribution in [0.15, 0.2) is 66.7 Å². The van der Waals surface area contributed by atoms with E-state index >= 15 is 0 Å². The molecule has 1 amide bonds. The van der Waals surface area contributed by atoms with Crippen LogP contribution in [0.5, 0.6) is 11.5 Å². The summed E-state index contributed by atoms with van der Waals surface area (Å²) in [5.41, 5.74) is 15.2. The van der Waals surface area contributed by atoms with Crippen LogP contribution in [-0.2, 0) is 0 Å². The van der Waals surface area contributed by atoms with Crippen molar-refractivity contribution in [3.63, 3.8) is 0 Å². The number of nitrogens with two attached hydrogens (primary N) is 2. The van der Waals surface area contributed by atoms with Gasteiger partial charge in [-0.25, -0.2) is 4.79 Å². The van der Waals surface area contributed by atoms with E-state index in [1.54, 1.807) is 55.6 Å². The van der Waals surface area contributed by atoms with Crippen molar-refractivity contribution < 1.29 is 14.3 Å². The van der Waals surface area contributed by atoms with E-state index in [1.807, 2.05) is 18.2 Å². The molecule has 0 unspecified atom stereocenters. The fraction of sp³-hybridized carbons (Fsp3) is 0.0500. The number of ether oxygens (including phenoxy) is 2. The summed E-state index contributed by atoms with van der Waals surface area (Å²) >= 11 is 0. The van der Waals surface area contributed by atoms with E-state index in [0.717, 1.165) is 11.1 Å². The molecule has 6 heteroatoms. The minimum absolute atomic E-state index is 0.402. The van der Waals surface area contributed by atoms with Crippen LogP contribution >= 0.6 is 0 Å². The van der Waals surface area contributed by atoms with Crippen molar-refractivity contribution in [3.05, 3.63) is 66.7 Å². The summed E-state index contributed by atoms with van der Waals surface area (Å²) in [4.78, 5) is 12.3. The largest absolute Gasteiger partial charge is 0.497 e. The molecule has 0 heterocycles. The molecule has 0 spiro atoms. The second kappa shape index (κ2) is 7.48. The van der Waals surface area contributed by atoms with Crippen molar-refractivity contribution in [1.82, 2.24) is 0 Å². The maximum Gasteiger partial charge on any atom is 0.417 e. The molecule has 5 N–H and O–H groups in total. The molecule has 132 valence electrons. The number of carbonyl (C=O) groups excluding carboxylic acids is 1. The number of amides is 1. The molecule has 3 aromatic carbocycles. The van der Waals surface area contributed by atoms with Crippen LogP contribution in [0.4, 0.5) is 21.9 Å². The lowest BCUT2D eigenvalue weighted by molar-refractivity contribution is 0.215. The fourth-order valence-electron chi connectivity index (χ4n) is 2.52. The number of methoxy groups -OCH3 is 1. The van der Waals surface area contributed by atoms with Gasteiger partial charge in [0, 0.05) is 22.5 Å². The molecule has 0 fully saturated rings. The Hall–Kier alpha value is -3.67. The van der Waals surface area contributed by atoms with E-state index in [-0.39, 0.29) is 0 Å². The summed E-state index contributed by atoms with van der Waals surface area (Å²) in [5, 5.41) is 2.74. The van der Waals surface area contributed by atoms with Gasteiger partial charge in [0.1, 0.15) is 11.5 Å². The first-order valence-electron chi connectivity index (χ1n) is 7.94. The van der Waals surface area contributed by atoms with Crippen LogP contribution < -0.4 is 26.3 Å². The number of benzene rings is 3. The smallest absolute Gasteiger partial charge is 0.417 e. The van der Waals surface area contributed by atoms with E-state index in [1.165, 1.54) is 0 Å². The minimum atomic E-state index is -0.615. The van der Waals surface area contributed by atoms with Crippen molar-refractivity contribution >= 4 is 23.2 Å². The standard InChI is InChI=1S/C20H19N3O3/c1-25-14-7-9-15(10-8-14)26-20(24)23-19-11-6-13(21)12-17(19)16-4-2-3-5-18(16)22/h2-12H,21-22H2,1H3,(H,23,24). The fourth-order valence-corrected chi connectivity index (χ4v) is 2.52. The lowest BCUT2D eigenvalue weighted by atomic mass is 10.0. The Labute approximate surface area is 151 Å². The molecule has 0 aliphatic rings. The molecule has 0 aliphatic heterocycles. The Morgan fingerprint density at radius 1 is 0.885 bits per heavy atom. The van der Waals surface area contributed by atoms with Crippen LogP contribution in [0.3, 0.4) is 0 Å². The SMILES string of the molecule is COc1ccc(OC(=O)Nc2ccc(N)cc2-c2ccccc2N)cc1. The summed E-state index contributed by atoms with van der Waals surface area (Å²) in [6.45, 7) is 0. The number of hydrogen-bond donors (Lipinski definition) is 3. The Balaban J connectivity index is 1.83. The quantitative estimate of drug-likeness (QED) is 0.615. The van der Waals surface area contributed by atoms with E-state index in [2.05, 4.69) is 5.32 Å². The zero-order chi connectivity index (χ0) is 18.5. The van der Waals surface area contributed by atoms with Gasteiger partial charge in [-0.15, -0.1) is 0 Å². The number of carbonyl (C=O) groups is 1. The lowest BCUT2D eigenvalue weighted by Crippen LogP contribution is -2.17. The van der Waals surface area contributed by atoms with E-state index in [9.17, 15) is 4.79 Å². The minimum Gasteiger partial charge on any atom is -0.497 e. The Morgan fingerprint density at radius 2 is 1.58 bits per heavy atom. The van der Waals surface area contributed by atoms with Crippen molar-refractivity contribution in [3.8, 4) is 22.6 Å². The molecule has 0 bridgehead atoms. The number of nitrogens with one attached hydrogen (secondary N) is 1. The second-order valence-electron chi connectivity index (χ2n) is 5.58. The topological polar surface area (TPSA) is 99.6 Å². The van der Waals surface area contributed by atoms with Crippen molar-refractivity contribution in [2.24, 2.45) is 0 Å². The van der Waals surface area contributed by atoms with Gasteiger partial charge in [0.2, 0.25) is 0 Å². The molecule has 0 saturated carbocycles. The van der Waals surface area contributed by atoms with Crippen molar-refractivity contribution in [1.29, 1.82) is 0 Å². The molecular weight excluding hydrogens is 330 g/mol. The van der Waals surface area contributed by atoms with Gasteiger partial charge in [-0.2, -0.15) is 0 Å². The summed E-state index contributed by atoms with van der Waals surface area (Å²) in [7, 11) is 1.57. The molecule has 0 aliphatic carbocycles. The van der Waals surface area contributed by atoms with E-state index in [4.69, 9.17) is 20.9 Å². The number of hydrogen-bond acceptors (Lipinski definition) is 5. The second-order valence-corrected chi connectivity index (χ2v) is 5.58. The highest BCUT2D eigenvalue weighted by Crippen LogP contribution is 2.33. The molecule has 3 aromatic rings. The summed E-state index contributed by atoms with van der Waals surface area (Å²) in [6.07, 6.45) is -0.615. The van der Waals surface area contributed by atoms with Crippen LogP contribution in [-0.4, -0.2) is 13.2 Å². The monoisotopic (exact) mass is 349 g/mol. The van der Waals surface area contributed by atoms with Gasteiger partial charge in [-0.1, -0.05) is 18.2 Å². The first-order chi connectivity index (χ1) is 12.6. The number of para-hydroxylation sites is 1. The molecule has 0 radical (unpaired) electrons. The van der Waals surface area contributed by atoms with Crippen LogP contribution in [0.25, 0.3) is 11.1 Å². The highest BCUT2D eigenvalue weighted by atomic mass is 16.6. The van der Waals surface area contributed by atoms with Crippen molar-refractivity contribution in [2.75, 3.05) is 23.9 Å². The predicted molar refractivity (Wildman–Crippen MR) is 103 cm³/mol. The summed E-state index contributed by atoms with van der Waals surface area (Å²) in [5.74, 6) is 1.08. The van der Waals surface area contributed by atoms with E-state index < -0.39 is 6.09 Å². The average Bonchev–Trinajstić information content (AvgIpc) is 2.64. The van der Waals surface area contributed by atoms with Gasteiger partial charge in [0.25, 0.3) is 0 Å². The molecule has 26 heavy (non-hydrogen) atoms. The predicted octanol–water partition coefficient (Wildman–Crippen LogP) is 4.14. The normalized spacial score (nSPS) is 10.2. The molecule has 0 aromatic heterocycles. The first-order valence-corrected chi connectivity index (χ1v) is 7.94. The van der Waals surface area contributed by atoms with Crippen LogP contribution in [0.1, 0.15) is 0 Å². The molecule has 0 atom stereocenters. The van der Waals surface area contributed by atoms with Crippen molar-refractivity contribution in [2.45, 2.75) is 0 Å². The van der Waals surface area contributed by atoms with Gasteiger partial charge < -0.3 is 20.9 Å². The van der Waals surface area contributed by atoms with Crippen LogP contribution in [0, 0.1) is 0 Å². The molecule has 6 nitrogen and oxygen atoms in total. The van der Waals surface area contributed by atoms with Gasteiger partial charge >= 0.3 is 6.09 Å². The van der Waals surface area contributed by atoms with Gasteiger partial charge in [0.05, 0.1) is 12.8 Å². The third kappa shape index (κ3) is 3.87. The Bertz CT molecular complexity index is 924.